The first-order chi connectivity index (χ1) is 9.06. The van der Waals surface area contributed by atoms with E-state index in [0.717, 1.165) is 36.9 Å². The summed E-state index contributed by atoms with van der Waals surface area (Å²) in [5.41, 5.74) is 6.78. The number of rotatable bonds is 3. The van der Waals surface area contributed by atoms with Crippen molar-refractivity contribution < 1.29 is 4.79 Å². The van der Waals surface area contributed by atoms with Crippen LogP contribution in [-0.4, -0.2) is 43.0 Å². The molecule has 1 saturated heterocycles. The molecule has 1 amide bonds. The van der Waals surface area contributed by atoms with Gasteiger partial charge in [0.25, 0.3) is 0 Å². The zero-order valence-corrected chi connectivity index (χ0v) is 13.2. The number of amides is 1. The Balaban J connectivity index is 0.00000200. The Labute approximate surface area is 131 Å². The van der Waals surface area contributed by atoms with Crippen LogP contribution in [0.5, 0.6) is 0 Å². The second-order valence-corrected chi connectivity index (χ2v) is 5.47. The quantitative estimate of drug-likeness (QED) is 0.929. The summed E-state index contributed by atoms with van der Waals surface area (Å²) in [6, 6.07) is 7.75. The Morgan fingerprint density at radius 1 is 1.35 bits per heavy atom. The van der Waals surface area contributed by atoms with Gasteiger partial charge in [-0.2, -0.15) is 0 Å². The van der Waals surface area contributed by atoms with Gasteiger partial charge in [-0.15, -0.1) is 12.4 Å². The van der Waals surface area contributed by atoms with Crippen LogP contribution in [0.4, 0.5) is 5.69 Å². The number of anilines is 1. The SMILES string of the molecule is CC(N)CC(=O)N1CCN(c2cccc(Cl)c2)CC1.Cl. The zero-order valence-electron chi connectivity index (χ0n) is 11.6. The zero-order chi connectivity index (χ0) is 13.8. The maximum Gasteiger partial charge on any atom is 0.224 e. The molecule has 1 aliphatic heterocycles. The maximum atomic E-state index is 11.9. The molecule has 0 saturated carbocycles. The summed E-state index contributed by atoms with van der Waals surface area (Å²) >= 11 is 6.00. The number of hydrogen-bond donors (Lipinski definition) is 1. The fourth-order valence-electron chi connectivity index (χ4n) is 2.29. The summed E-state index contributed by atoms with van der Waals surface area (Å²) < 4.78 is 0. The normalized spacial score (nSPS) is 16.6. The number of nitrogens with two attached hydrogens (primary N) is 1. The molecule has 1 fully saturated rings. The number of piperazine rings is 1. The number of benzene rings is 1. The number of hydrogen-bond acceptors (Lipinski definition) is 3. The largest absolute Gasteiger partial charge is 0.368 e. The first-order valence-electron chi connectivity index (χ1n) is 6.60. The molecule has 0 bridgehead atoms. The number of halogens is 2. The third-order valence-corrected chi connectivity index (χ3v) is 3.54. The Kier molecular flexibility index (Phi) is 6.59. The summed E-state index contributed by atoms with van der Waals surface area (Å²) in [6.07, 6.45) is 0.428. The minimum absolute atomic E-state index is 0. The van der Waals surface area contributed by atoms with E-state index in [4.69, 9.17) is 17.3 Å². The van der Waals surface area contributed by atoms with E-state index in [2.05, 4.69) is 4.90 Å². The monoisotopic (exact) mass is 317 g/mol. The van der Waals surface area contributed by atoms with Crippen molar-refractivity contribution in [3.8, 4) is 0 Å². The molecular weight excluding hydrogens is 297 g/mol. The van der Waals surface area contributed by atoms with E-state index in [9.17, 15) is 4.79 Å². The van der Waals surface area contributed by atoms with Crippen molar-refractivity contribution in [2.24, 2.45) is 5.73 Å². The van der Waals surface area contributed by atoms with Crippen molar-refractivity contribution in [1.82, 2.24) is 4.90 Å². The van der Waals surface area contributed by atoms with Gasteiger partial charge in [0.2, 0.25) is 5.91 Å². The van der Waals surface area contributed by atoms with Crippen molar-refractivity contribution in [2.75, 3.05) is 31.1 Å². The van der Waals surface area contributed by atoms with Gasteiger partial charge in [-0.05, 0) is 25.1 Å². The lowest BCUT2D eigenvalue weighted by atomic mass is 10.2. The molecular formula is C14H21Cl2N3O. The lowest BCUT2D eigenvalue weighted by molar-refractivity contribution is -0.131. The average molecular weight is 318 g/mol. The molecule has 2 N–H and O–H groups in total. The summed E-state index contributed by atoms with van der Waals surface area (Å²) in [7, 11) is 0. The highest BCUT2D eigenvalue weighted by Gasteiger charge is 2.21. The third-order valence-electron chi connectivity index (χ3n) is 3.30. The van der Waals surface area contributed by atoms with Crippen LogP contribution < -0.4 is 10.6 Å². The van der Waals surface area contributed by atoms with E-state index in [1.165, 1.54) is 0 Å². The minimum Gasteiger partial charge on any atom is -0.368 e. The van der Waals surface area contributed by atoms with Crippen LogP contribution in [0.25, 0.3) is 0 Å². The predicted octanol–water partition coefficient (Wildman–Crippen LogP) is 2.15. The molecule has 1 heterocycles. The summed E-state index contributed by atoms with van der Waals surface area (Å²) in [5.74, 6) is 0.153. The average Bonchev–Trinajstić information content (AvgIpc) is 2.38. The molecule has 1 aromatic rings. The van der Waals surface area contributed by atoms with E-state index in [-0.39, 0.29) is 24.4 Å². The van der Waals surface area contributed by atoms with E-state index in [1.807, 2.05) is 36.1 Å². The molecule has 1 aliphatic rings. The number of carbonyl (C=O) groups excluding carboxylic acids is 1. The van der Waals surface area contributed by atoms with Crippen molar-refractivity contribution in [1.29, 1.82) is 0 Å². The first kappa shape index (κ1) is 17.1. The summed E-state index contributed by atoms with van der Waals surface area (Å²) in [5, 5.41) is 0.743. The smallest absolute Gasteiger partial charge is 0.224 e. The standard InChI is InChI=1S/C14H20ClN3O.ClH/c1-11(16)9-14(19)18-7-5-17(6-8-18)13-4-2-3-12(15)10-13;/h2-4,10-11H,5-9,16H2,1H3;1H. The summed E-state index contributed by atoms with van der Waals surface area (Å²) in [4.78, 5) is 16.1. The molecule has 0 radical (unpaired) electrons. The Morgan fingerprint density at radius 2 is 2.00 bits per heavy atom. The molecule has 0 aromatic heterocycles. The Hall–Kier alpha value is -0.970. The topological polar surface area (TPSA) is 49.6 Å². The van der Waals surface area contributed by atoms with Gasteiger partial charge in [-0.3, -0.25) is 4.79 Å². The van der Waals surface area contributed by atoms with Gasteiger partial charge in [-0.25, -0.2) is 0 Å². The van der Waals surface area contributed by atoms with E-state index >= 15 is 0 Å². The molecule has 1 unspecified atom stereocenters. The highest BCUT2D eigenvalue weighted by molar-refractivity contribution is 6.30. The van der Waals surface area contributed by atoms with Crippen molar-refractivity contribution >= 4 is 35.6 Å². The van der Waals surface area contributed by atoms with Crippen LogP contribution in [0, 0.1) is 0 Å². The van der Waals surface area contributed by atoms with Gasteiger partial charge in [0.15, 0.2) is 0 Å². The first-order valence-corrected chi connectivity index (χ1v) is 6.98. The van der Waals surface area contributed by atoms with Gasteiger partial charge in [0.05, 0.1) is 0 Å². The van der Waals surface area contributed by atoms with Gasteiger partial charge >= 0.3 is 0 Å². The van der Waals surface area contributed by atoms with Crippen LogP contribution in [0.1, 0.15) is 13.3 Å². The second kappa shape index (κ2) is 7.72. The van der Waals surface area contributed by atoms with Crippen LogP contribution in [0.2, 0.25) is 5.02 Å². The Bertz CT molecular complexity index is 446. The fourth-order valence-corrected chi connectivity index (χ4v) is 2.48. The molecule has 2 rings (SSSR count). The molecule has 1 atom stereocenters. The molecule has 0 spiro atoms. The van der Waals surface area contributed by atoms with Gasteiger partial charge in [-0.1, -0.05) is 17.7 Å². The van der Waals surface area contributed by atoms with Crippen molar-refractivity contribution in [3.05, 3.63) is 29.3 Å². The van der Waals surface area contributed by atoms with E-state index < -0.39 is 0 Å². The van der Waals surface area contributed by atoms with Crippen LogP contribution in [0.15, 0.2) is 24.3 Å². The predicted molar refractivity (Wildman–Crippen MR) is 85.8 cm³/mol. The van der Waals surface area contributed by atoms with Crippen molar-refractivity contribution in [3.63, 3.8) is 0 Å². The van der Waals surface area contributed by atoms with Gasteiger partial charge in [0, 0.05) is 49.4 Å². The van der Waals surface area contributed by atoms with Gasteiger partial charge < -0.3 is 15.5 Å². The molecule has 4 nitrogen and oxygen atoms in total. The minimum atomic E-state index is -0.0709. The second-order valence-electron chi connectivity index (χ2n) is 5.03. The highest BCUT2D eigenvalue weighted by Crippen LogP contribution is 2.20. The number of nitrogens with zero attached hydrogens (tertiary/aromatic N) is 2. The molecule has 0 aliphatic carbocycles. The molecule has 1 aromatic carbocycles. The Morgan fingerprint density at radius 3 is 2.55 bits per heavy atom. The van der Waals surface area contributed by atoms with Crippen molar-refractivity contribution in [2.45, 2.75) is 19.4 Å². The van der Waals surface area contributed by atoms with E-state index in [1.54, 1.807) is 0 Å². The molecule has 20 heavy (non-hydrogen) atoms. The lowest BCUT2D eigenvalue weighted by Crippen LogP contribution is -2.49. The molecule has 112 valence electrons. The maximum absolute atomic E-state index is 11.9. The van der Waals surface area contributed by atoms with E-state index in [0.29, 0.717) is 6.42 Å². The third kappa shape index (κ3) is 4.54. The van der Waals surface area contributed by atoms with Crippen LogP contribution in [-0.2, 0) is 4.79 Å². The highest BCUT2D eigenvalue weighted by atomic mass is 35.5. The lowest BCUT2D eigenvalue weighted by Gasteiger charge is -2.36. The van der Waals surface area contributed by atoms with Crippen LogP contribution >= 0.6 is 24.0 Å². The summed E-state index contributed by atoms with van der Waals surface area (Å²) in [6.45, 7) is 5.03. The van der Waals surface area contributed by atoms with Gasteiger partial charge in [0.1, 0.15) is 0 Å². The fraction of sp³-hybridized carbons (Fsp3) is 0.500. The number of carbonyl (C=O) groups is 1. The van der Waals surface area contributed by atoms with Crippen LogP contribution in [0.3, 0.4) is 0 Å². The molecule has 6 heteroatoms.